The van der Waals surface area contributed by atoms with Crippen LogP contribution in [0.15, 0.2) is 6.20 Å². The van der Waals surface area contributed by atoms with Gasteiger partial charge in [0.25, 0.3) is 0 Å². The molecule has 0 atom stereocenters. The van der Waals surface area contributed by atoms with Crippen LogP contribution in [0.1, 0.15) is 27.3 Å². The molecule has 8 nitrogen and oxygen atoms in total. The molecular weight excluding hydrogens is 248 g/mol. The molecule has 0 saturated heterocycles. The number of hydrogen-bond acceptors (Lipinski definition) is 6. The zero-order chi connectivity index (χ0) is 14.2. The van der Waals surface area contributed by atoms with Crippen LogP contribution in [0.3, 0.4) is 0 Å². The predicted octanol–water partition coefficient (Wildman–Crippen LogP) is 0.431. The van der Waals surface area contributed by atoms with Gasteiger partial charge in [0.1, 0.15) is 11.6 Å². The Kier molecular flexibility index (Phi) is 2.88. The van der Waals surface area contributed by atoms with Crippen molar-refractivity contribution in [2.75, 3.05) is 5.73 Å². The van der Waals surface area contributed by atoms with Crippen molar-refractivity contribution >= 4 is 11.7 Å². The Morgan fingerprint density at radius 2 is 2.16 bits per heavy atom. The molecule has 0 aliphatic carbocycles. The fraction of sp³-hybridized carbons (Fsp3) is 0.182. The van der Waals surface area contributed by atoms with Crippen LogP contribution in [-0.2, 0) is 0 Å². The lowest BCUT2D eigenvalue weighted by molar-refractivity contribution is 0.0691. The van der Waals surface area contributed by atoms with E-state index in [-0.39, 0.29) is 22.8 Å². The first-order chi connectivity index (χ1) is 8.95. The molecular formula is C11H10N6O2. The van der Waals surface area contributed by atoms with Gasteiger partial charge >= 0.3 is 5.97 Å². The third-order valence-corrected chi connectivity index (χ3v) is 2.71. The van der Waals surface area contributed by atoms with E-state index in [9.17, 15) is 4.79 Å². The van der Waals surface area contributed by atoms with Gasteiger partial charge in [-0.2, -0.15) is 15.5 Å². The summed E-state index contributed by atoms with van der Waals surface area (Å²) in [7, 11) is 0. The molecule has 0 bridgehead atoms. The maximum Gasteiger partial charge on any atom is 0.358 e. The number of rotatable bonds is 2. The molecule has 96 valence electrons. The van der Waals surface area contributed by atoms with Gasteiger partial charge in [-0.15, -0.1) is 5.10 Å². The van der Waals surface area contributed by atoms with Gasteiger partial charge in [0, 0.05) is 0 Å². The minimum Gasteiger partial charge on any atom is -0.476 e. The molecule has 0 unspecified atom stereocenters. The number of aryl methyl sites for hydroxylation is 1. The largest absolute Gasteiger partial charge is 0.476 e. The summed E-state index contributed by atoms with van der Waals surface area (Å²) in [5.74, 6) is -1.09. The van der Waals surface area contributed by atoms with Crippen LogP contribution in [-0.4, -0.2) is 31.1 Å². The molecule has 0 fully saturated rings. The van der Waals surface area contributed by atoms with Crippen LogP contribution in [0.2, 0.25) is 0 Å². The van der Waals surface area contributed by atoms with Crippen LogP contribution < -0.4 is 5.73 Å². The van der Waals surface area contributed by atoms with Gasteiger partial charge in [-0.1, -0.05) is 0 Å². The van der Waals surface area contributed by atoms with Crippen LogP contribution >= 0.6 is 0 Å². The molecule has 0 spiro atoms. The Labute approximate surface area is 108 Å². The summed E-state index contributed by atoms with van der Waals surface area (Å²) in [4.78, 5) is 10.9. The number of nitrogens with zero attached hydrogens (tertiary/aromatic N) is 5. The second-order valence-corrected chi connectivity index (χ2v) is 3.90. The summed E-state index contributed by atoms with van der Waals surface area (Å²) in [5.41, 5.74) is 6.83. The second-order valence-electron chi connectivity index (χ2n) is 3.90. The predicted molar refractivity (Wildman–Crippen MR) is 64.7 cm³/mol. The summed E-state index contributed by atoms with van der Waals surface area (Å²) < 4.78 is 1.15. The van der Waals surface area contributed by atoms with E-state index in [0.29, 0.717) is 11.3 Å². The Morgan fingerprint density at radius 1 is 1.47 bits per heavy atom. The maximum absolute atomic E-state index is 10.9. The molecule has 2 aromatic heterocycles. The van der Waals surface area contributed by atoms with E-state index in [1.807, 2.05) is 6.07 Å². The van der Waals surface area contributed by atoms with Crippen LogP contribution in [0.5, 0.6) is 0 Å². The monoisotopic (exact) mass is 258 g/mol. The molecule has 0 aromatic carbocycles. The number of carboxylic acids is 1. The number of hydrogen-bond donors (Lipinski definition) is 2. The number of aromatic nitrogens is 4. The van der Waals surface area contributed by atoms with Gasteiger partial charge in [-0.05, 0) is 19.4 Å². The lowest BCUT2D eigenvalue weighted by Crippen LogP contribution is -2.08. The standard InChI is InChI=1S/C11H10N6O2/c1-5-6(2)14-15-10(7(5)3-12)17-4-8(13)9(16-17)11(18)19/h4H,13H2,1-2H3,(H,18,19). The van der Waals surface area contributed by atoms with Gasteiger partial charge in [0.15, 0.2) is 11.5 Å². The third-order valence-electron chi connectivity index (χ3n) is 2.71. The number of nitrogen functional groups attached to an aromatic ring is 1. The van der Waals surface area contributed by atoms with Crippen molar-refractivity contribution in [2.24, 2.45) is 0 Å². The van der Waals surface area contributed by atoms with Gasteiger partial charge in [0.05, 0.1) is 17.6 Å². The molecule has 3 N–H and O–H groups in total. The zero-order valence-electron chi connectivity index (χ0n) is 10.2. The average molecular weight is 258 g/mol. The maximum atomic E-state index is 10.9. The summed E-state index contributed by atoms with van der Waals surface area (Å²) in [6, 6.07) is 2.01. The Morgan fingerprint density at radius 3 is 2.68 bits per heavy atom. The normalized spacial score (nSPS) is 10.2. The number of nitrogens with two attached hydrogens (primary N) is 1. The van der Waals surface area contributed by atoms with Crippen molar-refractivity contribution in [3.8, 4) is 11.9 Å². The lowest BCUT2D eigenvalue weighted by Gasteiger charge is -2.06. The molecule has 19 heavy (non-hydrogen) atoms. The number of anilines is 1. The van der Waals surface area contributed by atoms with E-state index >= 15 is 0 Å². The summed E-state index contributed by atoms with van der Waals surface area (Å²) >= 11 is 0. The Bertz CT molecular complexity index is 713. The molecule has 8 heteroatoms. The van der Waals surface area contributed by atoms with Crippen molar-refractivity contribution in [3.05, 3.63) is 28.7 Å². The van der Waals surface area contributed by atoms with E-state index in [4.69, 9.17) is 16.1 Å². The van der Waals surface area contributed by atoms with Gasteiger partial charge < -0.3 is 10.8 Å². The number of carbonyl (C=O) groups is 1. The van der Waals surface area contributed by atoms with Gasteiger partial charge in [0.2, 0.25) is 0 Å². The van der Waals surface area contributed by atoms with E-state index in [2.05, 4.69) is 15.3 Å². The summed E-state index contributed by atoms with van der Waals surface area (Å²) in [5, 5.41) is 29.6. The molecule has 0 amide bonds. The highest BCUT2D eigenvalue weighted by atomic mass is 16.4. The molecule has 0 radical (unpaired) electrons. The SMILES string of the molecule is Cc1nnc(-n2cc(N)c(C(=O)O)n2)c(C#N)c1C. The van der Waals surface area contributed by atoms with Gasteiger partial charge in [-0.25, -0.2) is 9.48 Å². The van der Waals surface area contributed by atoms with E-state index in [0.717, 1.165) is 4.68 Å². The number of nitriles is 1. The average Bonchev–Trinajstić information content (AvgIpc) is 2.74. The summed E-state index contributed by atoms with van der Waals surface area (Å²) in [6.07, 6.45) is 1.29. The molecule has 2 aromatic rings. The van der Waals surface area contributed by atoms with Crippen molar-refractivity contribution in [1.29, 1.82) is 5.26 Å². The second kappa shape index (κ2) is 4.38. The Hall–Kier alpha value is -2.95. The molecule has 2 rings (SSSR count). The van der Waals surface area contributed by atoms with E-state index < -0.39 is 5.97 Å². The number of carboxylic acid groups (broad SMARTS) is 1. The molecule has 0 aliphatic heterocycles. The third kappa shape index (κ3) is 1.97. The minimum atomic E-state index is -1.24. The first kappa shape index (κ1) is 12.5. The van der Waals surface area contributed by atoms with E-state index in [1.165, 1.54) is 6.20 Å². The highest BCUT2D eigenvalue weighted by molar-refractivity contribution is 5.91. The lowest BCUT2D eigenvalue weighted by atomic mass is 10.1. The summed E-state index contributed by atoms with van der Waals surface area (Å²) in [6.45, 7) is 3.46. The number of aromatic carboxylic acids is 1. The highest BCUT2D eigenvalue weighted by Crippen LogP contribution is 2.18. The molecule has 0 saturated carbocycles. The smallest absolute Gasteiger partial charge is 0.358 e. The quantitative estimate of drug-likeness (QED) is 0.798. The van der Waals surface area contributed by atoms with Gasteiger partial charge in [-0.3, -0.25) is 0 Å². The fourth-order valence-electron chi connectivity index (χ4n) is 1.55. The van der Waals surface area contributed by atoms with Crippen molar-refractivity contribution in [3.63, 3.8) is 0 Å². The highest BCUT2D eigenvalue weighted by Gasteiger charge is 2.18. The Balaban J connectivity index is 2.67. The zero-order valence-corrected chi connectivity index (χ0v) is 10.2. The van der Waals surface area contributed by atoms with Crippen LogP contribution in [0.25, 0.3) is 5.82 Å². The van der Waals surface area contributed by atoms with Crippen molar-refractivity contribution in [1.82, 2.24) is 20.0 Å². The molecule has 2 heterocycles. The fourth-order valence-corrected chi connectivity index (χ4v) is 1.55. The topological polar surface area (TPSA) is 131 Å². The van der Waals surface area contributed by atoms with Crippen LogP contribution in [0.4, 0.5) is 5.69 Å². The van der Waals surface area contributed by atoms with Crippen molar-refractivity contribution < 1.29 is 9.90 Å². The molecule has 0 aliphatic rings. The first-order valence-electron chi connectivity index (χ1n) is 5.28. The first-order valence-corrected chi connectivity index (χ1v) is 5.28. The van der Waals surface area contributed by atoms with Crippen molar-refractivity contribution in [2.45, 2.75) is 13.8 Å². The minimum absolute atomic E-state index is 0.00332. The van der Waals surface area contributed by atoms with Crippen LogP contribution in [0, 0.1) is 25.2 Å². The van der Waals surface area contributed by atoms with E-state index in [1.54, 1.807) is 13.8 Å².